The first-order chi connectivity index (χ1) is 67.6. The molecule has 15 aromatic rings. The molecule has 5 aromatic heterocycles. The number of rotatable bonds is 19. The van der Waals surface area contributed by atoms with Gasteiger partial charge in [-0.05, 0) is 280 Å². The first kappa shape index (κ1) is 96.1. The van der Waals surface area contributed by atoms with E-state index in [4.69, 9.17) is 50.1 Å². The van der Waals surface area contributed by atoms with Gasteiger partial charge in [-0.15, -0.1) is 0 Å². The molecule has 0 fully saturated rings. The largest absolute Gasteiger partial charge is 0.482 e. The van der Waals surface area contributed by atoms with E-state index in [0.29, 0.717) is 109 Å². The van der Waals surface area contributed by atoms with E-state index in [1.807, 2.05) is 170 Å². The van der Waals surface area contributed by atoms with E-state index in [9.17, 15) is 54.0 Å². The second kappa shape index (κ2) is 41.7. The zero-order chi connectivity index (χ0) is 99.4. The summed E-state index contributed by atoms with van der Waals surface area (Å²) in [6, 6.07) is 81.6. The Hall–Kier alpha value is -18.0. The summed E-state index contributed by atoms with van der Waals surface area (Å²) in [6.07, 6.45) is 8.38. The fourth-order valence-electron chi connectivity index (χ4n) is 14.8. The third kappa shape index (κ3) is 23.7. The van der Waals surface area contributed by atoms with Gasteiger partial charge in [-0.3, -0.25) is 28.8 Å². The minimum absolute atomic E-state index is 0.0138. The second-order valence-corrected chi connectivity index (χ2v) is 36.6. The Morgan fingerprint density at radius 2 is 0.617 bits per heavy atom. The van der Waals surface area contributed by atoms with Crippen LogP contribution in [0.3, 0.4) is 0 Å². The molecule has 0 aliphatic carbocycles. The van der Waals surface area contributed by atoms with E-state index < -0.39 is 36.0 Å². The van der Waals surface area contributed by atoms with Crippen LogP contribution in [-0.4, -0.2) is 147 Å². The summed E-state index contributed by atoms with van der Waals surface area (Å²) in [6.45, 7) is 0.199. The number of fused-ring (bicyclic) bond motifs is 5. The van der Waals surface area contributed by atoms with E-state index in [1.54, 1.807) is 146 Å². The van der Waals surface area contributed by atoms with Crippen molar-refractivity contribution in [1.82, 2.24) is 24.9 Å². The van der Waals surface area contributed by atoms with Crippen molar-refractivity contribution in [2.75, 3.05) is 113 Å². The molecular formula is C101H86N20O17S3. The predicted molar refractivity (Wildman–Crippen MR) is 534 cm³/mol. The molecule has 37 nitrogen and oxygen atoms in total. The number of likely N-dealkylation sites (N-methyl/N-ethyl adjacent to an activating group) is 4. The molecule has 0 radical (unpaired) electrons. The van der Waals surface area contributed by atoms with Gasteiger partial charge in [0.25, 0.3) is 29.5 Å². The van der Waals surface area contributed by atoms with Crippen molar-refractivity contribution in [3.05, 3.63) is 315 Å². The van der Waals surface area contributed by atoms with Gasteiger partial charge in [0.15, 0.2) is 33.0 Å². The summed E-state index contributed by atoms with van der Waals surface area (Å²) in [7, 11) is -4.34. The van der Waals surface area contributed by atoms with Crippen molar-refractivity contribution < 1.29 is 77.7 Å². The molecule has 10 heterocycles. The number of anilines is 15. The van der Waals surface area contributed by atoms with Crippen molar-refractivity contribution in [3.8, 4) is 90.5 Å². The minimum Gasteiger partial charge on any atom is -0.482 e. The maximum atomic E-state index is 11.9. The Bertz CT molecular complexity index is 7840. The quantitative estimate of drug-likeness (QED) is 0.0359. The van der Waals surface area contributed by atoms with Crippen LogP contribution in [0, 0.1) is 11.3 Å². The number of nitrogens with two attached hydrogens (primary N) is 4. The number of nitrogens with one attached hydrogen (secondary N) is 6. The van der Waals surface area contributed by atoms with E-state index in [1.165, 1.54) is 36.4 Å². The maximum Gasteiger partial charge on any atom is 0.264 e. The minimum atomic E-state index is -3.79. The van der Waals surface area contributed by atoms with E-state index >= 15 is 0 Å². The predicted octanol–water partition coefficient (Wildman–Crippen LogP) is 14.1. The van der Waals surface area contributed by atoms with Crippen LogP contribution >= 0.6 is 0 Å². The molecule has 0 bridgehead atoms. The number of primary amides is 1. The lowest BCUT2D eigenvalue weighted by atomic mass is 10.0. The number of carbonyl (C=O) groups is 6. The number of sulfonamides is 3. The van der Waals surface area contributed by atoms with Crippen LogP contribution in [-0.2, 0) is 54.0 Å². The maximum absolute atomic E-state index is 11.9. The number of nitriles is 1. The van der Waals surface area contributed by atoms with Crippen molar-refractivity contribution in [1.29, 1.82) is 5.26 Å². The summed E-state index contributed by atoms with van der Waals surface area (Å²) in [5, 5.41) is 43.0. The smallest absolute Gasteiger partial charge is 0.264 e. The molecule has 141 heavy (non-hydrogen) atoms. The number of ether oxygens (including phenoxy) is 5. The van der Waals surface area contributed by atoms with Crippen LogP contribution in [0.15, 0.2) is 319 Å². The Kier molecular flexibility index (Phi) is 28.4. The molecule has 0 saturated carbocycles. The number of aromatic nitrogens is 5. The standard InChI is InChI=1S/C21H18N4O3.C21H16N4O2.2C20H18N4O4S.C19H16N4O4S/c1-25-17-10-13(5-6-18(17)28-12-20(25)26)14-7-8-23-19(11-14)24-16-4-2-3-15(9-16)21(22)27;1-25-18-10-15(5-6-19(18)27-13-21(25)26)16-7-8-23-20(11-16)24-17-4-2-3-14(9-17)12-22;1-24-17-10-13(2-7-18(17)28-12-20(24)25)14-8-9-22-19(11-14)23-15-3-5-16(6-4-15)29(21,26)27;1-24-17-9-13(5-6-18(17)28-12-20(24)25)14-7-8-22-19(10-14)23-15-3-2-4-16(11-15)29(21,26)27;20-28(25,26)15-4-2-14(3-5-15)22-18-10-13(7-8-21-18)12-1-6-17-16(9-12)23-19(24)11-27-17/h2-11H,12H2,1H3,(H2,22,27)(H,23,24);2-11H,13H2,1H3,(H,23,24);2*2-11H,12H2,1H3,(H,22,23)(H2,21,26,27);1-10H,11H2,(H,21,22)(H,23,24)(H2,20,25,26). The summed E-state index contributed by atoms with van der Waals surface area (Å²) >= 11 is 0. The van der Waals surface area contributed by atoms with Crippen LogP contribution < -0.4 is 96.3 Å². The first-order valence-corrected chi connectivity index (χ1v) is 47.5. The van der Waals surface area contributed by atoms with Crippen molar-refractivity contribution in [3.63, 3.8) is 0 Å². The number of nitrogens with zero attached hydrogens (tertiary/aromatic N) is 10. The molecule has 14 N–H and O–H groups in total. The lowest BCUT2D eigenvalue weighted by Crippen LogP contribution is -2.35. The number of amides is 6. The Labute approximate surface area is 808 Å². The fraction of sp³-hybridized carbons (Fsp3) is 0.0891. The van der Waals surface area contributed by atoms with Gasteiger partial charge in [-0.1, -0.05) is 48.5 Å². The number of pyridine rings is 5. The van der Waals surface area contributed by atoms with Crippen molar-refractivity contribution in [2.45, 2.75) is 14.7 Å². The monoisotopic (exact) mass is 1950 g/mol. The second-order valence-electron chi connectivity index (χ2n) is 31.9. The average Bonchev–Trinajstić information content (AvgIpc) is 0.806. The average molecular weight is 1950 g/mol. The lowest BCUT2D eigenvalue weighted by Gasteiger charge is -2.26. The Morgan fingerprint density at radius 1 is 0.326 bits per heavy atom. The van der Waals surface area contributed by atoms with Crippen LogP contribution in [0.2, 0.25) is 0 Å². The van der Waals surface area contributed by atoms with Crippen LogP contribution in [0.25, 0.3) is 55.6 Å². The Morgan fingerprint density at radius 3 is 0.950 bits per heavy atom. The summed E-state index contributed by atoms with van der Waals surface area (Å²) in [5.74, 6) is 5.27. The van der Waals surface area contributed by atoms with Gasteiger partial charge in [0.1, 0.15) is 57.8 Å². The molecule has 20 rings (SSSR count). The van der Waals surface area contributed by atoms with Gasteiger partial charge in [0.05, 0.1) is 54.8 Å². The number of carbonyl (C=O) groups excluding carboxylic acids is 6. The molecular weight excluding hydrogens is 1860 g/mol. The molecule has 5 aliphatic heterocycles. The number of benzene rings is 10. The van der Waals surface area contributed by atoms with Gasteiger partial charge >= 0.3 is 0 Å². The van der Waals surface area contributed by atoms with Crippen LogP contribution in [0.5, 0.6) is 28.7 Å². The normalized spacial score (nSPS) is 13.2. The fourth-order valence-corrected chi connectivity index (χ4v) is 16.4. The van der Waals surface area contributed by atoms with E-state index in [-0.39, 0.29) is 77.3 Å². The molecule has 10 aromatic carbocycles. The highest BCUT2D eigenvalue weighted by molar-refractivity contribution is 7.89. The topological polar surface area (TPSA) is 528 Å². The number of hydrogen-bond donors (Lipinski definition) is 10. The van der Waals surface area contributed by atoms with Gasteiger partial charge in [-0.25, -0.2) is 65.6 Å². The highest BCUT2D eigenvalue weighted by atomic mass is 32.2. The molecule has 0 unspecified atom stereocenters. The number of primary sulfonamides is 3. The molecule has 40 heteroatoms. The van der Waals surface area contributed by atoms with Crippen LogP contribution in [0.4, 0.5) is 86.0 Å². The zero-order valence-corrected chi connectivity index (χ0v) is 77.8. The summed E-state index contributed by atoms with van der Waals surface area (Å²) in [5.41, 5.74) is 22.4. The van der Waals surface area contributed by atoms with Gasteiger partial charge in [0, 0.05) is 93.2 Å². The first-order valence-electron chi connectivity index (χ1n) is 42.8. The molecule has 5 aliphatic rings. The summed E-state index contributed by atoms with van der Waals surface area (Å²) < 4.78 is 95.7. The van der Waals surface area contributed by atoms with E-state index in [2.05, 4.69) is 62.9 Å². The lowest BCUT2D eigenvalue weighted by molar-refractivity contribution is -0.121. The molecule has 0 spiro atoms. The highest BCUT2D eigenvalue weighted by Crippen LogP contribution is 2.42. The molecule has 6 amide bonds. The van der Waals surface area contributed by atoms with E-state index in [0.717, 1.165) is 72.7 Å². The van der Waals surface area contributed by atoms with Gasteiger partial charge < -0.3 is 80.9 Å². The van der Waals surface area contributed by atoms with Crippen LogP contribution in [0.1, 0.15) is 15.9 Å². The molecule has 0 atom stereocenters. The van der Waals surface area contributed by atoms with Gasteiger partial charge in [0.2, 0.25) is 36.0 Å². The number of hydrogen-bond acceptors (Lipinski definition) is 28. The van der Waals surface area contributed by atoms with Gasteiger partial charge in [-0.2, -0.15) is 5.26 Å². The highest BCUT2D eigenvalue weighted by Gasteiger charge is 2.29. The summed E-state index contributed by atoms with van der Waals surface area (Å²) in [4.78, 5) is 98.4. The molecule has 0 saturated heterocycles. The molecule has 710 valence electrons. The Balaban J connectivity index is 0.000000127. The SMILES string of the molecule is CN1C(=O)COc2ccc(-c3ccnc(Nc4ccc(S(N)(=O)=O)cc4)c3)cc21.CN1C(=O)COc2ccc(-c3ccnc(Nc4cccc(C#N)c4)c3)cc21.CN1C(=O)COc2ccc(-c3ccnc(Nc4cccc(C(N)=O)c4)c3)cc21.CN1C(=O)COc2ccc(-c3ccnc(Nc4cccc(S(N)(=O)=O)c4)c3)cc21.NS(=O)(=O)c1ccc(Nc2cc(-c3ccc4c(c3)NC(=O)CO4)ccn2)cc1. The zero-order valence-electron chi connectivity index (χ0n) is 75.3. The van der Waals surface area contributed by atoms with Crippen molar-refractivity contribution >= 4 is 151 Å². The third-order valence-electron chi connectivity index (χ3n) is 22.3. The third-order valence-corrected chi connectivity index (χ3v) is 25.1. The van der Waals surface area contributed by atoms with Crippen molar-refractivity contribution in [2.24, 2.45) is 21.2 Å².